The third-order valence-corrected chi connectivity index (χ3v) is 5.15. The van der Waals surface area contributed by atoms with Crippen molar-refractivity contribution in [2.45, 2.75) is 31.9 Å². The van der Waals surface area contributed by atoms with E-state index < -0.39 is 23.7 Å². The first-order chi connectivity index (χ1) is 14.8. The Morgan fingerprint density at radius 3 is 2.68 bits per heavy atom. The minimum absolute atomic E-state index is 0.0767. The molecular weight excluding hydrogens is 409 g/mol. The zero-order valence-electron chi connectivity index (χ0n) is 16.3. The Kier molecular flexibility index (Phi) is 5.50. The summed E-state index contributed by atoms with van der Waals surface area (Å²) < 4.78 is 40.5. The molecular formula is C22H19F3N4O2. The second kappa shape index (κ2) is 8.25. The molecule has 2 amide bonds. The fourth-order valence-electron chi connectivity index (χ4n) is 3.60. The fourth-order valence-corrected chi connectivity index (χ4v) is 3.60. The van der Waals surface area contributed by atoms with Crippen LogP contribution < -0.4 is 5.32 Å². The van der Waals surface area contributed by atoms with Crippen LogP contribution in [0.1, 0.15) is 27.2 Å². The first kappa shape index (κ1) is 20.6. The fraction of sp³-hybridized carbons (Fsp3) is 0.227. The lowest BCUT2D eigenvalue weighted by molar-refractivity contribution is -0.137. The average molecular weight is 428 g/mol. The molecule has 0 bridgehead atoms. The second-order valence-corrected chi connectivity index (χ2v) is 7.27. The van der Waals surface area contributed by atoms with Gasteiger partial charge in [0, 0.05) is 31.7 Å². The molecule has 1 N–H and O–H groups in total. The van der Waals surface area contributed by atoms with Crippen molar-refractivity contribution in [1.82, 2.24) is 19.8 Å². The van der Waals surface area contributed by atoms with Gasteiger partial charge in [-0.3, -0.25) is 14.6 Å². The number of benzene rings is 1. The summed E-state index contributed by atoms with van der Waals surface area (Å²) in [5.41, 5.74) is 0.797. The highest BCUT2D eigenvalue weighted by Crippen LogP contribution is 2.29. The predicted octanol–water partition coefficient (Wildman–Crippen LogP) is 3.24. The number of amides is 2. The molecule has 0 saturated carbocycles. The van der Waals surface area contributed by atoms with Gasteiger partial charge < -0.3 is 14.8 Å². The molecule has 0 spiro atoms. The molecule has 1 unspecified atom stereocenters. The zero-order valence-corrected chi connectivity index (χ0v) is 16.3. The van der Waals surface area contributed by atoms with Crippen LogP contribution in [0.5, 0.6) is 0 Å². The van der Waals surface area contributed by atoms with Crippen molar-refractivity contribution in [2.75, 3.05) is 0 Å². The largest absolute Gasteiger partial charge is 0.416 e. The second-order valence-electron chi connectivity index (χ2n) is 7.27. The third kappa shape index (κ3) is 4.45. The number of nitrogens with zero attached hydrogens (tertiary/aromatic N) is 3. The maximum atomic E-state index is 13.0. The molecule has 0 aliphatic carbocycles. The Bertz CT molecular complexity index is 1100. The minimum atomic E-state index is -4.46. The van der Waals surface area contributed by atoms with Gasteiger partial charge in [-0.15, -0.1) is 0 Å². The van der Waals surface area contributed by atoms with Gasteiger partial charge in [-0.2, -0.15) is 13.2 Å². The Balaban J connectivity index is 1.53. The number of carbonyl (C=O) groups is 2. The number of hydrogen-bond donors (Lipinski definition) is 1. The number of pyridine rings is 1. The number of rotatable bonds is 5. The topological polar surface area (TPSA) is 67.2 Å². The summed E-state index contributed by atoms with van der Waals surface area (Å²) in [5, 5.41) is 2.68. The van der Waals surface area contributed by atoms with E-state index in [4.69, 9.17) is 0 Å². The molecule has 3 heterocycles. The summed E-state index contributed by atoms with van der Waals surface area (Å²) in [5.74, 6) is -0.728. The van der Waals surface area contributed by atoms with Gasteiger partial charge in [0.25, 0.3) is 5.91 Å². The van der Waals surface area contributed by atoms with Crippen molar-refractivity contribution in [3.63, 3.8) is 0 Å². The molecule has 31 heavy (non-hydrogen) atoms. The van der Waals surface area contributed by atoms with Crippen LogP contribution in [0.25, 0.3) is 0 Å². The molecule has 0 radical (unpaired) electrons. The molecule has 1 aromatic carbocycles. The molecule has 1 aliphatic rings. The molecule has 1 aliphatic heterocycles. The molecule has 0 saturated heterocycles. The van der Waals surface area contributed by atoms with Crippen LogP contribution >= 0.6 is 0 Å². The highest BCUT2D eigenvalue weighted by molar-refractivity contribution is 5.97. The number of nitrogens with one attached hydrogen (secondary N) is 1. The highest BCUT2D eigenvalue weighted by Gasteiger charge is 2.36. The smallest absolute Gasteiger partial charge is 0.350 e. The van der Waals surface area contributed by atoms with E-state index in [1.807, 2.05) is 6.07 Å². The van der Waals surface area contributed by atoms with Crippen molar-refractivity contribution >= 4 is 11.8 Å². The molecule has 0 fully saturated rings. The maximum absolute atomic E-state index is 13.0. The van der Waals surface area contributed by atoms with Crippen molar-refractivity contribution < 1.29 is 22.8 Å². The number of alkyl halides is 3. The standard InChI is InChI=1S/C22H19F3N4O2/c23-22(24,25)17-6-1-4-15(10-17)12-27-20(30)19-14-28-9-3-7-18(28)21(31)29(19)13-16-5-2-8-26-11-16/h1-11,19H,12-14H2,(H,27,30). The van der Waals surface area contributed by atoms with Gasteiger partial charge in [0.15, 0.2) is 0 Å². The van der Waals surface area contributed by atoms with Gasteiger partial charge in [-0.1, -0.05) is 18.2 Å². The van der Waals surface area contributed by atoms with E-state index in [0.717, 1.165) is 17.7 Å². The van der Waals surface area contributed by atoms with E-state index in [9.17, 15) is 22.8 Å². The lowest BCUT2D eigenvalue weighted by atomic mass is 10.1. The van der Waals surface area contributed by atoms with Gasteiger partial charge in [-0.05, 0) is 41.5 Å². The maximum Gasteiger partial charge on any atom is 0.416 e. The average Bonchev–Trinajstić information content (AvgIpc) is 3.23. The van der Waals surface area contributed by atoms with Crippen LogP contribution in [0.15, 0.2) is 67.1 Å². The number of carbonyl (C=O) groups excluding carboxylic acids is 2. The molecule has 6 nitrogen and oxygen atoms in total. The first-order valence-electron chi connectivity index (χ1n) is 9.62. The lowest BCUT2D eigenvalue weighted by Gasteiger charge is -2.35. The summed E-state index contributed by atoms with van der Waals surface area (Å²) in [6.07, 6.45) is 0.507. The van der Waals surface area contributed by atoms with Crippen LogP contribution in [0.4, 0.5) is 13.2 Å². The Hall–Kier alpha value is -3.62. The minimum Gasteiger partial charge on any atom is -0.350 e. The van der Waals surface area contributed by atoms with E-state index in [1.54, 1.807) is 41.4 Å². The normalized spacial score (nSPS) is 16.2. The summed E-state index contributed by atoms with van der Waals surface area (Å²) in [6, 6.07) is 11.0. The summed E-state index contributed by atoms with van der Waals surface area (Å²) in [4.78, 5) is 31.5. The Morgan fingerprint density at radius 2 is 1.94 bits per heavy atom. The van der Waals surface area contributed by atoms with Crippen molar-refractivity contribution in [3.8, 4) is 0 Å². The van der Waals surface area contributed by atoms with Crippen LogP contribution in [0.3, 0.4) is 0 Å². The highest BCUT2D eigenvalue weighted by atomic mass is 19.4. The third-order valence-electron chi connectivity index (χ3n) is 5.15. The number of hydrogen-bond acceptors (Lipinski definition) is 3. The quantitative estimate of drug-likeness (QED) is 0.679. The first-order valence-corrected chi connectivity index (χ1v) is 9.62. The van der Waals surface area contributed by atoms with Crippen LogP contribution in [-0.2, 0) is 30.6 Å². The summed E-state index contributed by atoms with van der Waals surface area (Å²) >= 11 is 0. The molecule has 3 aromatic rings. The zero-order chi connectivity index (χ0) is 22.0. The lowest BCUT2D eigenvalue weighted by Crippen LogP contribution is -2.54. The summed E-state index contributed by atoms with van der Waals surface area (Å²) in [6.45, 7) is 0.370. The number of aromatic nitrogens is 2. The molecule has 9 heteroatoms. The number of halogens is 3. The van der Waals surface area contributed by atoms with E-state index in [2.05, 4.69) is 10.3 Å². The predicted molar refractivity (Wildman–Crippen MR) is 106 cm³/mol. The van der Waals surface area contributed by atoms with E-state index >= 15 is 0 Å². The monoisotopic (exact) mass is 428 g/mol. The van der Waals surface area contributed by atoms with E-state index in [0.29, 0.717) is 11.3 Å². The van der Waals surface area contributed by atoms with Crippen molar-refractivity contribution in [3.05, 3.63) is 89.5 Å². The van der Waals surface area contributed by atoms with Gasteiger partial charge in [-0.25, -0.2) is 0 Å². The molecule has 160 valence electrons. The van der Waals surface area contributed by atoms with Crippen LogP contribution in [-0.4, -0.2) is 32.3 Å². The van der Waals surface area contributed by atoms with Gasteiger partial charge in [0.2, 0.25) is 5.91 Å². The Labute approximate surface area is 176 Å². The van der Waals surface area contributed by atoms with Gasteiger partial charge in [0.1, 0.15) is 11.7 Å². The van der Waals surface area contributed by atoms with Gasteiger partial charge >= 0.3 is 6.18 Å². The van der Waals surface area contributed by atoms with E-state index in [1.165, 1.54) is 17.0 Å². The number of fused-ring (bicyclic) bond motifs is 1. The molecule has 4 rings (SSSR count). The van der Waals surface area contributed by atoms with Crippen LogP contribution in [0, 0.1) is 0 Å². The van der Waals surface area contributed by atoms with Crippen molar-refractivity contribution in [1.29, 1.82) is 0 Å². The summed E-state index contributed by atoms with van der Waals surface area (Å²) in [7, 11) is 0. The Morgan fingerprint density at radius 1 is 1.13 bits per heavy atom. The molecule has 2 aromatic heterocycles. The van der Waals surface area contributed by atoms with Crippen LogP contribution in [0.2, 0.25) is 0 Å². The SMILES string of the molecule is O=C(NCc1cccc(C(F)(F)F)c1)C1Cn2cccc2C(=O)N1Cc1cccnc1. The van der Waals surface area contributed by atoms with E-state index in [-0.39, 0.29) is 25.5 Å². The molecule has 1 atom stereocenters. The van der Waals surface area contributed by atoms with Crippen molar-refractivity contribution in [2.24, 2.45) is 0 Å². The van der Waals surface area contributed by atoms with Gasteiger partial charge in [0.05, 0.1) is 12.1 Å².